The third-order valence-electron chi connectivity index (χ3n) is 4.11. The van der Waals surface area contributed by atoms with E-state index in [0.29, 0.717) is 5.56 Å². The molecule has 0 saturated heterocycles. The molecule has 1 atom stereocenters. The number of hydrogen-bond acceptors (Lipinski definition) is 4. The highest BCUT2D eigenvalue weighted by Crippen LogP contribution is 2.32. The van der Waals surface area contributed by atoms with Crippen LogP contribution >= 0.6 is 0 Å². The predicted octanol–water partition coefficient (Wildman–Crippen LogP) is 2.27. The van der Waals surface area contributed by atoms with Crippen molar-refractivity contribution in [1.29, 1.82) is 0 Å². The van der Waals surface area contributed by atoms with Crippen molar-refractivity contribution >= 4 is 15.9 Å². The molecule has 2 aromatic rings. The quantitative estimate of drug-likeness (QED) is 0.851. The van der Waals surface area contributed by atoms with Crippen molar-refractivity contribution in [2.45, 2.75) is 10.9 Å². The highest BCUT2D eigenvalue weighted by Gasteiger charge is 2.42. The van der Waals surface area contributed by atoms with Gasteiger partial charge in [0.2, 0.25) is 0 Å². The van der Waals surface area contributed by atoms with Crippen LogP contribution in [-0.2, 0) is 10.0 Å². The number of carbonyl (C=O) groups is 1. The van der Waals surface area contributed by atoms with Crippen LogP contribution in [0.3, 0.4) is 0 Å². The fraction of sp³-hybridized carbons (Fsp3) is 0.235. The van der Waals surface area contributed by atoms with Crippen LogP contribution in [0.25, 0.3) is 0 Å². The predicted molar refractivity (Wildman–Crippen MR) is 87.5 cm³/mol. The molecule has 24 heavy (non-hydrogen) atoms. The molecule has 5 nitrogen and oxygen atoms in total. The van der Waals surface area contributed by atoms with Gasteiger partial charge >= 0.3 is 0 Å². The number of amides is 1. The van der Waals surface area contributed by atoms with Crippen LogP contribution in [0.2, 0.25) is 0 Å². The smallest absolute Gasteiger partial charge is 0.269 e. The van der Waals surface area contributed by atoms with E-state index in [2.05, 4.69) is 0 Å². The van der Waals surface area contributed by atoms with E-state index < -0.39 is 27.8 Å². The zero-order chi connectivity index (χ0) is 17.5. The van der Waals surface area contributed by atoms with Crippen molar-refractivity contribution in [3.05, 3.63) is 65.5 Å². The van der Waals surface area contributed by atoms with Gasteiger partial charge in [0.15, 0.2) is 0 Å². The Balaban J connectivity index is 1.99. The lowest BCUT2D eigenvalue weighted by molar-refractivity contribution is 0.0845. The molecule has 7 heteroatoms. The van der Waals surface area contributed by atoms with Crippen molar-refractivity contribution in [2.24, 2.45) is 0 Å². The van der Waals surface area contributed by atoms with Gasteiger partial charge in [0.05, 0.1) is 18.2 Å². The molecular weight excluding hydrogens is 331 g/mol. The molecule has 0 aromatic heterocycles. The van der Waals surface area contributed by atoms with Gasteiger partial charge in [-0.15, -0.1) is 0 Å². The number of benzene rings is 2. The van der Waals surface area contributed by atoms with E-state index in [4.69, 9.17) is 0 Å². The van der Waals surface area contributed by atoms with Crippen molar-refractivity contribution < 1.29 is 17.6 Å². The maximum absolute atomic E-state index is 13.5. The number of carbonyl (C=O) groups excluding carboxylic acids is 1. The second kappa shape index (κ2) is 5.99. The van der Waals surface area contributed by atoms with Crippen LogP contribution in [0.15, 0.2) is 53.4 Å². The summed E-state index contributed by atoms with van der Waals surface area (Å²) in [5.41, 5.74) is 0.785. The molecule has 0 aliphatic carbocycles. The number of hydrogen-bond donors (Lipinski definition) is 0. The second-order valence-electron chi connectivity index (χ2n) is 5.87. The molecule has 0 unspecified atom stereocenters. The standard InChI is InChI=1S/C17H17FN2O3S/c1-19(2)15(12-6-5-7-13(18)10-12)11-20-17(21)14-8-3-4-9-16(14)24(20,22)23/h3-10,15H,11H2,1-2H3/t15-/m0/s1. The second-order valence-corrected chi connectivity index (χ2v) is 7.70. The zero-order valence-electron chi connectivity index (χ0n) is 13.3. The summed E-state index contributed by atoms with van der Waals surface area (Å²) >= 11 is 0. The Kier molecular flexibility index (Phi) is 4.15. The van der Waals surface area contributed by atoms with E-state index in [0.717, 1.165) is 4.31 Å². The minimum atomic E-state index is -3.88. The summed E-state index contributed by atoms with van der Waals surface area (Å²) in [4.78, 5) is 14.3. The van der Waals surface area contributed by atoms with Crippen molar-refractivity contribution in [3.8, 4) is 0 Å². The van der Waals surface area contributed by atoms with Gasteiger partial charge in [-0.2, -0.15) is 0 Å². The van der Waals surface area contributed by atoms with Gasteiger partial charge < -0.3 is 4.90 Å². The topological polar surface area (TPSA) is 57.7 Å². The zero-order valence-corrected chi connectivity index (χ0v) is 14.1. The summed E-state index contributed by atoms with van der Waals surface area (Å²) in [5.74, 6) is -0.952. The fourth-order valence-corrected chi connectivity index (χ4v) is 4.42. The lowest BCUT2D eigenvalue weighted by atomic mass is 10.1. The largest absolute Gasteiger partial charge is 0.301 e. The number of likely N-dealkylation sites (N-methyl/N-ethyl adjacent to an activating group) is 1. The number of nitrogens with zero attached hydrogens (tertiary/aromatic N) is 2. The molecule has 126 valence electrons. The minimum Gasteiger partial charge on any atom is -0.301 e. The van der Waals surface area contributed by atoms with Crippen LogP contribution in [0.4, 0.5) is 4.39 Å². The monoisotopic (exact) mass is 348 g/mol. The molecule has 2 aromatic carbocycles. The van der Waals surface area contributed by atoms with E-state index in [1.165, 1.54) is 24.3 Å². The maximum atomic E-state index is 13.5. The molecular formula is C17H17FN2O3S. The van der Waals surface area contributed by atoms with Crippen LogP contribution in [0.1, 0.15) is 22.0 Å². The summed E-state index contributed by atoms with van der Waals surface area (Å²) in [7, 11) is -0.359. The number of sulfonamides is 1. The summed E-state index contributed by atoms with van der Waals surface area (Å²) in [5, 5.41) is 0. The fourth-order valence-electron chi connectivity index (χ4n) is 2.85. The number of halogens is 1. The lowest BCUT2D eigenvalue weighted by Crippen LogP contribution is -2.38. The Morgan fingerprint density at radius 2 is 1.83 bits per heavy atom. The van der Waals surface area contributed by atoms with Crippen molar-refractivity contribution in [1.82, 2.24) is 9.21 Å². The Hall–Kier alpha value is -2.25. The number of rotatable bonds is 4. The van der Waals surface area contributed by atoms with E-state index in [9.17, 15) is 17.6 Å². The van der Waals surface area contributed by atoms with Crippen LogP contribution in [0, 0.1) is 5.82 Å². The minimum absolute atomic E-state index is 0.0201. The van der Waals surface area contributed by atoms with Gasteiger partial charge in [-0.3, -0.25) is 4.79 Å². The highest BCUT2D eigenvalue weighted by molar-refractivity contribution is 7.90. The summed E-state index contributed by atoms with van der Waals surface area (Å²) in [6.45, 7) is -0.0771. The van der Waals surface area contributed by atoms with Crippen LogP contribution < -0.4 is 0 Å². The summed E-state index contributed by atoms with van der Waals surface area (Å²) < 4.78 is 39.7. The third-order valence-corrected chi connectivity index (χ3v) is 5.91. The normalized spacial score (nSPS) is 17.2. The van der Waals surface area contributed by atoms with Gasteiger partial charge in [0.25, 0.3) is 15.9 Å². The van der Waals surface area contributed by atoms with E-state index >= 15 is 0 Å². The molecule has 0 N–H and O–H groups in total. The Morgan fingerprint density at radius 3 is 2.46 bits per heavy atom. The van der Waals surface area contributed by atoms with E-state index in [-0.39, 0.29) is 17.0 Å². The SMILES string of the molecule is CN(C)[C@@H](CN1C(=O)c2ccccc2S1(=O)=O)c1cccc(F)c1. The Labute approximate surface area is 140 Å². The first-order valence-electron chi connectivity index (χ1n) is 7.40. The lowest BCUT2D eigenvalue weighted by Gasteiger charge is -2.28. The molecule has 1 heterocycles. The van der Waals surface area contributed by atoms with Gasteiger partial charge in [-0.25, -0.2) is 17.1 Å². The molecule has 1 aliphatic rings. The first kappa shape index (κ1) is 16.6. The molecule has 0 radical (unpaired) electrons. The van der Waals surface area contributed by atoms with Gasteiger partial charge in [-0.05, 0) is 43.9 Å². The van der Waals surface area contributed by atoms with Crippen LogP contribution in [-0.4, -0.2) is 44.2 Å². The average molecular weight is 348 g/mol. The van der Waals surface area contributed by atoms with Gasteiger partial charge in [0, 0.05) is 0 Å². The molecule has 0 bridgehead atoms. The summed E-state index contributed by atoms with van der Waals surface area (Å²) in [6, 6.07) is 11.7. The molecule has 0 spiro atoms. The van der Waals surface area contributed by atoms with Gasteiger partial charge in [0.1, 0.15) is 10.7 Å². The Bertz CT molecular complexity index is 896. The maximum Gasteiger partial charge on any atom is 0.269 e. The van der Waals surface area contributed by atoms with Gasteiger partial charge in [-0.1, -0.05) is 24.3 Å². The third kappa shape index (κ3) is 2.70. The molecule has 0 fully saturated rings. The first-order valence-corrected chi connectivity index (χ1v) is 8.84. The van der Waals surface area contributed by atoms with E-state index in [1.807, 2.05) is 0 Å². The molecule has 1 aliphatic heterocycles. The summed E-state index contributed by atoms with van der Waals surface area (Å²) in [6.07, 6.45) is 0. The highest BCUT2D eigenvalue weighted by atomic mass is 32.2. The first-order chi connectivity index (χ1) is 11.3. The average Bonchev–Trinajstić information content (AvgIpc) is 2.72. The van der Waals surface area contributed by atoms with E-state index in [1.54, 1.807) is 43.3 Å². The molecule has 1 amide bonds. The van der Waals surface area contributed by atoms with Crippen LogP contribution in [0.5, 0.6) is 0 Å². The molecule has 0 saturated carbocycles. The van der Waals surface area contributed by atoms with Crippen molar-refractivity contribution in [2.75, 3.05) is 20.6 Å². The van der Waals surface area contributed by atoms with Crippen molar-refractivity contribution in [3.63, 3.8) is 0 Å². The molecule has 3 rings (SSSR count). The number of fused-ring (bicyclic) bond motifs is 1. The Morgan fingerprint density at radius 1 is 1.12 bits per heavy atom.